The van der Waals surface area contributed by atoms with Crippen LogP contribution >= 0.6 is 11.6 Å². The lowest BCUT2D eigenvalue weighted by molar-refractivity contribution is -0.119. The number of aromatic nitrogens is 1. The molecule has 184 valence electrons. The van der Waals surface area contributed by atoms with Crippen LogP contribution in [0.4, 0.5) is 5.69 Å². The van der Waals surface area contributed by atoms with Crippen LogP contribution in [0.15, 0.2) is 88.9 Å². The number of nitrogens with zero attached hydrogens (tertiary/aromatic N) is 3. The Bertz CT molecular complexity index is 1540. The molecule has 0 fully saturated rings. The van der Waals surface area contributed by atoms with E-state index in [1.165, 1.54) is 18.3 Å². The van der Waals surface area contributed by atoms with Crippen molar-refractivity contribution in [2.24, 2.45) is 5.10 Å². The van der Waals surface area contributed by atoms with Crippen molar-refractivity contribution in [2.45, 2.75) is 11.8 Å². The van der Waals surface area contributed by atoms with Crippen LogP contribution in [0.3, 0.4) is 0 Å². The van der Waals surface area contributed by atoms with E-state index in [2.05, 4.69) is 15.5 Å². The van der Waals surface area contributed by atoms with E-state index in [9.17, 15) is 13.2 Å². The number of pyridine rings is 1. The van der Waals surface area contributed by atoms with Gasteiger partial charge in [-0.3, -0.25) is 9.10 Å². The van der Waals surface area contributed by atoms with E-state index in [0.717, 1.165) is 9.69 Å². The smallest absolute Gasteiger partial charge is 0.264 e. The van der Waals surface area contributed by atoms with Gasteiger partial charge in [-0.2, -0.15) is 5.10 Å². The van der Waals surface area contributed by atoms with Crippen molar-refractivity contribution in [1.29, 1.82) is 0 Å². The molecule has 1 N–H and O–H groups in total. The summed E-state index contributed by atoms with van der Waals surface area (Å²) in [6.45, 7) is 1.31. The van der Waals surface area contributed by atoms with E-state index in [1.54, 1.807) is 74.7 Å². The first kappa shape index (κ1) is 25.2. The first-order valence-electron chi connectivity index (χ1n) is 10.9. The maximum Gasteiger partial charge on any atom is 0.264 e. The molecule has 3 aromatic carbocycles. The zero-order valence-electron chi connectivity index (χ0n) is 19.6. The number of ether oxygens (including phenoxy) is 1. The first-order valence-corrected chi connectivity index (χ1v) is 12.7. The molecule has 0 saturated heterocycles. The van der Waals surface area contributed by atoms with Gasteiger partial charge in [0.05, 0.1) is 29.4 Å². The van der Waals surface area contributed by atoms with Gasteiger partial charge in [0.1, 0.15) is 17.4 Å². The SMILES string of the molecule is COc1ccc2cc(/C=N/NC(=O)CN(c3ccccc3C)S(=O)(=O)c3ccccc3)c(Cl)nc2c1. The number of hydrogen-bond acceptors (Lipinski definition) is 6. The van der Waals surface area contributed by atoms with Crippen LogP contribution in [-0.4, -0.2) is 39.2 Å². The summed E-state index contributed by atoms with van der Waals surface area (Å²) >= 11 is 6.28. The van der Waals surface area contributed by atoms with Crippen LogP contribution in [-0.2, 0) is 14.8 Å². The Hall–Kier alpha value is -3.95. The fraction of sp³-hybridized carbons (Fsp3) is 0.115. The van der Waals surface area contributed by atoms with Gasteiger partial charge in [0.2, 0.25) is 0 Å². The standard InChI is InChI=1S/C26H23ClN4O4S/c1-18-8-6-7-11-24(18)31(36(33,34)22-9-4-3-5-10-22)17-25(32)30-28-16-20-14-19-12-13-21(35-2)15-23(19)29-26(20)27/h3-16H,17H2,1-2H3,(H,30,32)/b28-16+. The van der Waals surface area contributed by atoms with Crippen molar-refractivity contribution < 1.29 is 17.9 Å². The summed E-state index contributed by atoms with van der Waals surface area (Å²) in [4.78, 5) is 17.2. The molecule has 0 atom stereocenters. The second-order valence-corrected chi connectivity index (χ2v) is 10.1. The number of aryl methyl sites for hydroxylation is 1. The monoisotopic (exact) mass is 522 g/mol. The number of carbonyl (C=O) groups excluding carboxylic acids is 1. The van der Waals surface area contributed by atoms with Gasteiger partial charge in [-0.1, -0.05) is 48.0 Å². The Morgan fingerprint density at radius 3 is 2.53 bits per heavy atom. The van der Waals surface area contributed by atoms with Crippen LogP contribution < -0.4 is 14.5 Å². The quantitative estimate of drug-likeness (QED) is 0.208. The van der Waals surface area contributed by atoms with Gasteiger partial charge in [0.15, 0.2) is 0 Å². The average Bonchev–Trinajstić information content (AvgIpc) is 2.88. The summed E-state index contributed by atoms with van der Waals surface area (Å²) in [7, 11) is -2.44. The van der Waals surface area contributed by atoms with E-state index < -0.39 is 22.5 Å². The van der Waals surface area contributed by atoms with Crippen LogP contribution in [0.25, 0.3) is 10.9 Å². The van der Waals surface area contributed by atoms with E-state index in [-0.39, 0.29) is 10.0 Å². The van der Waals surface area contributed by atoms with Gasteiger partial charge in [0, 0.05) is 17.0 Å². The van der Waals surface area contributed by atoms with Crippen molar-refractivity contribution in [1.82, 2.24) is 10.4 Å². The van der Waals surface area contributed by atoms with E-state index in [0.29, 0.717) is 28.1 Å². The van der Waals surface area contributed by atoms with Crippen LogP contribution in [0.1, 0.15) is 11.1 Å². The molecule has 1 amide bonds. The fourth-order valence-electron chi connectivity index (χ4n) is 3.56. The Morgan fingerprint density at radius 2 is 1.81 bits per heavy atom. The van der Waals surface area contributed by atoms with Gasteiger partial charge in [-0.15, -0.1) is 0 Å². The molecule has 8 nitrogen and oxygen atoms in total. The van der Waals surface area contributed by atoms with Crippen LogP contribution in [0, 0.1) is 6.92 Å². The lowest BCUT2D eigenvalue weighted by atomic mass is 10.1. The summed E-state index contributed by atoms with van der Waals surface area (Å²) in [5.41, 5.74) is 4.64. The summed E-state index contributed by atoms with van der Waals surface area (Å²) in [6.07, 6.45) is 1.36. The van der Waals surface area contributed by atoms with Gasteiger partial charge in [0.25, 0.3) is 15.9 Å². The number of sulfonamides is 1. The fourth-order valence-corrected chi connectivity index (χ4v) is 5.26. The predicted octanol–water partition coefficient (Wildman–Crippen LogP) is 4.55. The van der Waals surface area contributed by atoms with Gasteiger partial charge in [-0.25, -0.2) is 18.8 Å². The minimum atomic E-state index is -4.01. The van der Waals surface area contributed by atoms with Crippen molar-refractivity contribution >= 4 is 50.3 Å². The minimum Gasteiger partial charge on any atom is -0.497 e. The molecule has 0 aliphatic heterocycles. The van der Waals surface area contributed by atoms with E-state index in [1.807, 2.05) is 6.07 Å². The Balaban J connectivity index is 1.56. The molecule has 0 bridgehead atoms. The molecule has 0 spiro atoms. The summed E-state index contributed by atoms with van der Waals surface area (Å²) < 4.78 is 33.1. The lowest BCUT2D eigenvalue weighted by Crippen LogP contribution is -2.40. The molecule has 0 aliphatic rings. The lowest BCUT2D eigenvalue weighted by Gasteiger charge is -2.25. The molecular formula is C26H23ClN4O4S. The van der Waals surface area contributed by atoms with E-state index >= 15 is 0 Å². The third-order valence-electron chi connectivity index (χ3n) is 5.40. The van der Waals surface area contributed by atoms with Crippen LogP contribution in [0.5, 0.6) is 5.75 Å². The second kappa shape index (κ2) is 10.8. The number of hydrogen-bond donors (Lipinski definition) is 1. The highest BCUT2D eigenvalue weighted by Gasteiger charge is 2.28. The molecule has 0 unspecified atom stereocenters. The molecule has 1 aromatic heterocycles. The molecule has 0 saturated carbocycles. The minimum absolute atomic E-state index is 0.0789. The maximum absolute atomic E-state index is 13.4. The molecule has 1 heterocycles. The number of amides is 1. The highest BCUT2D eigenvalue weighted by molar-refractivity contribution is 7.92. The summed E-state index contributed by atoms with van der Waals surface area (Å²) in [5.74, 6) is 0.0343. The molecule has 4 rings (SSSR count). The topological polar surface area (TPSA) is 101 Å². The number of methoxy groups -OCH3 is 1. The molecular weight excluding hydrogens is 500 g/mol. The summed E-state index contributed by atoms with van der Waals surface area (Å²) in [6, 6.07) is 22.1. The number of nitrogens with one attached hydrogen (secondary N) is 1. The number of rotatable bonds is 8. The number of para-hydroxylation sites is 1. The normalized spacial score (nSPS) is 11.5. The highest BCUT2D eigenvalue weighted by atomic mass is 35.5. The maximum atomic E-state index is 13.4. The number of carbonyl (C=O) groups is 1. The van der Waals surface area contributed by atoms with Crippen LogP contribution in [0.2, 0.25) is 5.15 Å². The Kier molecular flexibility index (Phi) is 7.52. The van der Waals surface area contributed by atoms with Gasteiger partial charge >= 0.3 is 0 Å². The first-order chi connectivity index (χ1) is 17.3. The third-order valence-corrected chi connectivity index (χ3v) is 7.48. The largest absolute Gasteiger partial charge is 0.497 e. The molecule has 0 aliphatic carbocycles. The summed E-state index contributed by atoms with van der Waals surface area (Å²) in [5, 5.41) is 4.98. The molecule has 0 radical (unpaired) electrons. The van der Waals surface area contributed by atoms with E-state index in [4.69, 9.17) is 16.3 Å². The van der Waals surface area contributed by atoms with Gasteiger partial charge in [-0.05, 0) is 48.9 Å². The van der Waals surface area contributed by atoms with Crippen molar-refractivity contribution in [3.8, 4) is 5.75 Å². The van der Waals surface area contributed by atoms with Crippen molar-refractivity contribution in [3.05, 3.63) is 95.1 Å². The third kappa shape index (κ3) is 5.48. The molecule has 4 aromatic rings. The number of anilines is 1. The molecule has 10 heteroatoms. The second-order valence-electron chi connectivity index (χ2n) is 7.83. The highest BCUT2D eigenvalue weighted by Crippen LogP contribution is 2.27. The zero-order chi connectivity index (χ0) is 25.7. The Morgan fingerprint density at radius 1 is 1.08 bits per heavy atom. The van der Waals surface area contributed by atoms with Crippen molar-refractivity contribution in [2.75, 3.05) is 18.0 Å². The number of fused-ring (bicyclic) bond motifs is 1. The molecule has 36 heavy (non-hydrogen) atoms. The zero-order valence-corrected chi connectivity index (χ0v) is 21.1. The van der Waals surface area contributed by atoms with Crippen molar-refractivity contribution in [3.63, 3.8) is 0 Å². The number of hydrazone groups is 1. The Labute approximate surface area is 214 Å². The predicted molar refractivity (Wildman–Crippen MR) is 141 cm³/mol. The number of benzene rings is 3. The number of halogens is 1. The average molecular weight is 523 g/mol. The van der Waals surface area contributed by atoms with Gasteiger partial charge < -0.3 is 4.74 Å².